The number of benzene rings is 1. The van der Waals surface area contributed by atoms with Crippen molar-refractivity contribution in [2.24, 2.45) is 0 Å². The van der Waals surface area contributed by atoms with Crippen LogP contribution in [0.25, 0.3) is 0 Å². The maximum atomic E-state index is 13.3. The lowest BCUT2D eigenvalue weighted by Gasteiger charge is -2.24. The van der Waals surface area contributed by atoms with Crippen molar-refractivity contribution in [1.29, 1.82) is 0 Å². The number of nitrogens with zero attached hydrogens (tertiary/aromatic N) is 2. The van der Waals surface area contributed by atoms with E-state index in [-0.39, 0.29) is 5.82 Å². The molecule has 0 radical (unpaired) electrons. The second-order valence-corrected chi connectivity index (χ2v) is 5.18. The molecule has 2 rings (SSSR count). The Kier molecular flexibility index (Phi) is 4.77. The molecule has 2 aromatic rings. The fraction of sp³-hybridized carbons (Fsp3) is 0.214. The van der Waals surface area contributed by atoms with Crippen molar-refractivity contribution < 1.29 is 4.39 Å². The molecule has 1 heterocycles. The highest BCUT2D eigenvalue weighted by Crippen LogP contribution is 2.29. The molecule has 0 fully saturated rings. The van der Waals surface area contributed by atoms with Gasteiger partial charge in [-0.1, -0.05) is 6.07 Å². The van der Waals surface area contributed by atoms with Gasteiger partial charge in [0.15, 0.2) is 0 Å². The number of halogens is 3. The van der Waals surface area contributed by atoms with Crippen LogP contribution in [0.1, 0.15) is 12.5 Å². The SMILES string of the molecule is CCN(c1cccc(F)c1)c1ncc(Br)cc1CCl. The summed E-state index contributed by atoms with van der Waals surface area (Å²) in [7, 11) is 0. The van der Waals surface area contributed by atoms with Gasteiger partial charge in [0.05, 0.1) is 5.88 Å². The van der Waals surface area contributed by atoms with E-state index in [9.17, 15) is 4.39 Å². The Labute approximate surface area is 125 Å². The maximum Gasteiger partial charge on any atom is 0.137 e. The first-order chi connectivity index (χ1) is 9.15. The summed E-state index contributed by atoms with van der Waals surface area (Å²) in [6, 6.07) is 8.39. The first kappa shape index (κ1) is 14.3. The van der Waals surface area contributed by atoms with Crippen LogP contribution in [0.15, 0.2) is 41.0 Å². The standard InChI is InChI=1S/C14H13BrClFN2/c1-2-19(13-5-3-4-12(17)7-13)14-10(8-16)6-11(15)9-18-14/h3-7,9H,2,8H2,1H3. The van der Waals surface area contributed by atoms with E-state index in [1.54, 1.807) is 12.3 Å². The summed E-state index contributed by atoms with van der Waals surface area (Å²) in [6.07, 6.45) is 1.72. The van der Waals surface area contributed by atoms with Crippen LogP contribution in [-0.4, -0.2) is 11.5 Å². The Morgan fingerprint density at radius 1 is 1.37 bits per heavy atom. The largest absolute Gasteiger partial charge is 0.326 e. The number of rotatable bonds is 4. The summed E-state index contributed by atoms with van der Waals surface area (Å²) in [5, 5.41) is 0. The molecule has 5 heteroatoms. The number of pyridine rings is 1. The Bertz CT molecular complexity index is 577. The van der Waals surface area contributed by atoms with Crippen LogP contribution in [0.5, 0.6) is 0 Å². The smallest absolute Gasteiger partial charge is 0.137 e. The van der Waals surface area contributed by atoms with Crippen molar-refractivity contribution in [2.75, 3.05) is 11.4 Å². The molecule has 0 aliphatic rings. The average Bonchev–Trinajstić information content (AvgIpc) is 2.41. The molecule has 0 atom stereocenters. The van der Waals surface area contributed by atoms with E-state index in [1.807, 2.05) is 24.0 Å². The van der Waals surface area contributed by atoms with E-state index in [0.29, 0.717) is 12.4 Å². The summed E-state index contributed by atoms with van der Waals surface area (Å²) < 4.78 is 14.2. The first-order valence-electron chi connectivity index (χ1n) is 5.89. The Hall–Kier alpha value is -1.13. The molecule has 0 saturated carbocycles. The van der Waals surface area contributed by atoms with Gasteiger partial charge in [-0.2, -0.15) is 0 Å². The van der Waals surface area contributed by atoms with Crippen LogP contribution in [0, 0.1) is 5.82 Å². The summed E-state index contributed by atoms with van der Waals surface area (Å²) in [6.45, 7) is 2.68. The molecule has 2 nitrogen and oxygen atoms in total. The van der Waals surface area contributed by atoms with Gasteiger partial charge < -0.3 is 4.90 Å². The number of hydrogen-bond donors (Lipinski definition) is 0. The van der Waals surface area contributed by atoms with Gasteiger partial charge in [-0.15, -0.1) is 11.6 Å². The fourth-order valence-corrected chi connectivity index (χ4v) is 2.49. The van der Waals surface area contributed by atoms with Gasteiger partial charge in [0, 0.05) is 28.5 Å². The third-order valence-electron chi connectivity index (χ3n) is 2.75. The minimum Gasteiger partial charge on any atom is -0.326 e. The van der Waals surface area contributed by atoms with Gasteiger partial charge in [0.2, 0.25) is 0 Å². The van der Waals surface area contributed by atoms with Gasteiger partial charge in [0.25, 0.3) is 0 Å². The number of aromatic nitrogens is 1. The van der Waals surface area contributed by atoms with E-state index >= 15 is 0 Å². The highest BCUT2D eigenvalue weighted by molar-refractivity contribution is 9.10. The molecule has 1 aromatic heterocycles. The maximum absolute atomic E-state index is 13.3. The van der Waals surface area contributed by atoms with Crippen LogP contribution < -0.4 is 4.90 Å². The van der Waals surface area contributed by atoms with E-state index < -0.39 is 0 Å². The molecule has 0 unspecified atom stereocenters. The number of alkyl halides is 1. The Morgan fingerprint density at radius 3 is 2.79 bits per heavy atom. The lowest BCUT2D eigenvalue weighted by molar-refractivity contribution is 0.627. The zero-order valence-corrected chi connectivity index (χ0v) is 12.7. The molecule has 0 amide bonds. The van der Waals surface area contributed by atoms with Gasteiger partial charge in [-0.3, -0.25) is 0 Å². The molecule has 1 aromatic carbocycles. The molecule has 0 aliphatic heterocycles. The highest BCUT2D eigenvalue weighted by Gasteiger charge is 2.14. The summed E-state index contributed by atoms with van der Waals surface area (Å²) >= 11 is 9.34. The molecule has 0 saturated heterocycles. The minimum absolute atomic E-state index is 0.263. The number of hydrogen-bond acceptors (Lipinski definition) is 2. The van der Waals surface area contributed by atoms with Crippen LogP contribution in [-0.2, 0) is 5.88 Å². The van der Waals surface area contributed by atoms with E-state index in [4.69, 9.17) is 11.6 Å². The molecule has 0 N–H and O–H groups in total. The number of anilines is 2. The van der Waals surface area contributed by atoms with Crippen molar-refractivity contribution in [3.05, 3.63) is 52.4 Å². The summed E-state index contributed by atoms with van der Waals surface area (Å²) in [5.41, 5.74) is 1.67. The zero-order chi connectivity index (χ0) is 13.8. The Morgan fingerprint density at radius 2 is 2.16 bits per heavy atom. The molecule has 19 heavy (non-hydrogen) atoms. The molecule has 0 aliphatic carbocycles. The molecular formula is C14H13BrClFN2. The molecular weight excluding hydrogens is 331 g/mol. The van der Waals surface area contributed by atoms with Crippen molar-refractivity contribution in [1.82, 2.24) is 4.98 Å². The van der Waals surface area contributed by atoms with Crippen molar-refractivity contribution >= 4 is 39.0 Å². The van der Waals surface area contributed by atoms with Crippen LogP contribution in [0.4, 0.5) is 15.9 Å². The monoisotopic (exact) mass is 342 g/mol. The normalized spacial score (nSPS) is 10.5. The van der Waals surface area contributed by atoms with Gasteiger partial charge >= 0.3 is 0 Å². The lowest BCUT2D eigenvalue weighted by Crippen LogP contribution is -2.19. The lowest BCUT2D eigenvalue weighted by atomic mass is 10.2. The predicted molar refractivity (Wildman–Crippen MR) is 80.6 cm³/mol. The van der Waals surface area contributed by atoms with Crippen LogP contribution in [0.3, 0.4) is 0 Å². The van der Waals surface area contributed by atoms with E-state index in [0.717, 1.165) is 21.5 Å². The Balaban J connectivity index is 2.48. The van der Waals surface area contributed by atoms with E-state index in [1.165, 1.54) is 12.1 Å². The summed E-state index contributed by atoms with van der Waals surface area (Å²) in [4.78, 5) is 6.34. The quantitative estimate of drug-likeness (QED) is 0.736. The average molecular weight is 344 g/mol. The summed E-state index contributed by atoms with van der Waals surface area (Å²) in [5.74, 6) is 0.847. The van der Waals surface area contributed by atoms with Crippen LogP contribution in [0.2, 0.25) is 0 Å². The van der Waals surface area contributed by atoms with Crippen molar-refractivity contribution in [3.63, 3.8) is 0 Å². The van der Waals surface area contributed by atoms with Crippen LogP contribution >= 0.6 is 27.5 Å². The predicted octanol–water partition coefficient (Wildman–Crippen LogP) is 4.88. The zero-order valence-electron chi connectivity index (χ0n) is 10.4. The molecule has 0 bridgehead atoms. The topological polar surface area (TPSA) is 16.1 Å². The van der Waals surface area contributed by atoms with E-state index in [2.05, 4.69) is 20.9 Å². The van der Waals surface area contributed by atoms with Gasteiger partial charge in [0.1, 0.15) is 11.6 Å². The molecule has 0 spiro atoms. The van der Waals surface area contributed by atoms with Gasteiger partial charge in [-0.25, -0.2) is 9.37 Å². The van der Waals surface area contributed by atoms with Crippen molar-refractivity contribution in [2.45, 2.75) is 12.8 Å². The fourth-order valence-electron chi connectivity index (χ4n) is 1.91. The molecule has 100 valence electrons. The third kappa shape index (κ3) is 3.25. The first-order valence-corrected chi connectivity index (χ1v) is 7.22. The minimum atomic E-state index is -0.263. The third-order valence-corrected chi connectivity index (χ3v) is 3.47. The van der Waals surface area contributed by atoms with Crippen molar-refractivity contribution in [3.8, 4) is 0 Å². The second-order valence-electron chi connectivity index (χ2n) is 3.99. The van der Waals surface area contributed by atoms with Gasteiger partial charge in [-0.05, 0) is 47.1 Å². The highest BCUT2D eigenvalue weighted by atomic mass is 79.9. The second kappa shape index (κ2) is 6.35.